The third-order valence-electron chi connectivity index (χ3n) is 2.01. The Bertz CT molecular complexity index is 663. The van der Waals surface area contributed by atoms with Crippen LogP contribution in [0.25, 0.3) is 5.69 Å². The molecular formula is C9H4Cl5N3OS. The molecule has 0 aliphatic carbocycles. The Morgan fingerprint density at radius 2 is 1.84 bits per heavy atom. The van der Waals surface area contributed by atoms with Gasteiger partial charge in [0.2, 0.25) is 0 Å². The highest BCUT2D eigenvalue weighted by atomic mass is 35.6. The highest BCUT2D eigenvalue weighted by Gasteiger charge is 2.24. The molecule has 2 aromatic rings. The molecule has 4 nitrogen and oxygen atoms in total. The van der Waals surface area contributed by atoms with Gasteiger partial charge in [-0.3, -0.25) is 0 Å². The van der Waals surface area contributed by atoms with Crippen molar-refractivity contribution in [2.75, 3.05) is 0 Å². The molecule has 1 aromatic heterocycles. The fourth-order valence-corrected chi connectivity index (χ4v) is 2.59. The fraction of sp³-hybridized carbons (Fsp3) is 0.111. The Kier molecular flexibility index (Phi) is 4.65. The molecule has 0 unspecified atom stereocenters. The van der Waals surface area contributed by atoms with E-state index in [0.717, 1.165) is 4.09 Å². The van der Waals surface area contributed by atoms with E-state index in [1.807, 2.05) is 0 Å². The van der Waals surface area contributed by atoms with Gasteiger partial charge in [0.15, 0.2) is 0 Å². The highest BCUT2D eigenvalue weighted by Crippen LogP contribution is 2.38. The molecule has 0 saturated heterocycles. The molecule has 0 radical (unpaired) electrons. The number of rotatable bonds is 2. The van der Waals surface area contributed by atoms with Gasteiger partial charge in [0.25, 0.3) is 3.12 Å². The van der Waals surface area contributed by atoms with Crippen LogP contribution in [0.5, 0.6) is 0 Å². The first kappa shape index (κ1) is 15.4. The first-order valence-electron chi connectivity index (χ1n) is 4.66. The molecule has 1 aromatic carbocycles. The zero-order valence-electron chi connectivity index (χ0n) is 8.86. The lowest BCUT2D eigenvalue weighted by molar-refractivity contribution is 0.936. The van der Waals surface area contributed by atoms with Crippen LogP contribution in [0.15, 0.2) is 29.3 Å². The Hall–Kier alpha value is -0.0400. The molecule has 0 aliphatic heterocycles. The van der Waals surface area contributed by atoms with E-state index in [9.17, 15) is 4.79 Å². The second-order valence-corrected chi connectivity index (χ2v) is 8.20. The minimum absolute atomic E-state index is 0.327. The largest absolute Gasteiger partial charge is 0.361 e. The van der Waals surface area contributed by atoms with E-state index in [4.69, 9.17) is 58.0 Å². The van der Waals surface area contributed by atoms with Crippen molar-refractivity contribution in [1.82, 2.24) is 13.8 Å². The van der Waals surface area contributed by atoms with Gasteiger partial charge in [-0.2, -0.15) is 0 Å². The van der Waals surface area contributed by atoms with Crippen LogP contribution in [0.4, 0.5) is 0 Å². The zero-order valence-corrected chi connectivity index (χ0v) is 13.5. The molecule has 0 spiro atoms. The van der Waals surface area contributed by atoms with Gasteiger partial charge in [0.1, 0.15) is 6.33 Å². The smallest absolute Gasteiger partial charge is 0.249 e. The number of aromatic nitrogens is 3. The van der Waals surface area contributed by atoms with E-state index >= 15 is 0 Å². The van der Waals surface area contributed by atoms with Crippen LogP contribution in [0, 0.1) is 0 Å². The summed E-state index contributed by atoms with van der Waals surface area (Å²) >= 11 is 29.1. The number of nitrogens with zero attached hydrogens (tertiary/aromatic N) is 3. The molecule has 102 valence electrons. The van der Waals surface area contributed by atoms with Crippen molar-refractivity contribution in [2.24, 2.45) is 0 Å². The van der Waals surface area contributed by atoms with E-state index in [1.54, 1.807) is 12.1 Å². The van der Waals surface area contributed by atoms with Gasteiger partial charge < -0.3 is 0 Å². The minimum Gasteiger partial charge on any atom is -0.249 e. The van der Waals surface area contributed by atoms with Crippen LogP contribution in [-0.4, -0.2) is 16.9 Å². The first-order chi connectivity index (χ1) is 8.78. The number of alkyl halides is 3. The number of benzene rings is 1. The molecule has 10 heteroatoms. The normalized spacial score (nSPS) is 11.8. The molecule has 1 heterocycles. The summed E-state index contributed by atoms with van der Waals surface area (Å²) in [6, 6.07) is 4.74. The lowest BCUT2D eigenvalue weighted by Crippen LogP contribution is -2.22. The zero-order chi connectivity index (χ0) is 14.2. The monoisotopic (exact) mass is 377 g/mol. The van der Waals surface area contributed by atoms with E-state index in [2.05, 4.69) is 5.10 Å². The molecule has 19 heavy (non-hydrogen) atoms. The summed E-state index contributed by atoms with van der Waals surface area (Å²) in [6.45, 7) is 0. The van der Waals surface area contributed by atoms with E-state index in [0.29, 0.717) is 27.7 Å². The number of hydrogen-bond acceptors (Lipinski definition) is 3. The molecule has 0 N–H and O–H groups in total. The summed E-state index contributed by atoms with van der Waals surface area (Å²) in [4.78, 5) is 12.0. The van der Waals surface area contributed by atoms with Crippen molar-refractivity contribution in [3.8, 4) is 5.69 Å². The Labute approximate surface area is 137 Å². The van der Waals surface area contributed by atoms with Crippen LogP contribution in [0.2, 0.25) is 10.0 Å². The Morgan fingerprint density at radius 3 is 2.42 bits per heavy atom. The average Bonchev–Trinajstić information content (AvgIpc) is 2.63. The molecule has 0 atom stereocenters. The minimum atomic E-state index is -1.68. The van der Waals surface area contributed by atoms with Crippen LogP contribution < -0.4 is 5.69 Å². The van der Waals surface area contributed by atoms with Gasteiger partial charge >= 0.3 is 5.69 Å². The first-order valence-corrected chi connectivity index (χ1v) is 7.32. The molecule has 0 saturated carbocycles. The lowest BCUT2D eigenvalue weighted by atomic mass is 10.3. The maximum atomic E-state index is 12.0. The van der Waals surface area contributed by atoms with Crippen molar-refractivity contribution in [3.63, 3.8) is 0 Å². The fourth-order valence-electron chi connectivity index (χ4n) is 1.26. The maximum absolute atomic E-state index is 12.0. The molecule has 0 aliphatic rings. The lowest BCUT2D eigenvalue weighted by Gasteiger charge is -2.07. The Balaban J connectivity index is 2.42. The molecular weight excluding hydrogens is 375 g/mol. The van der Waals surface area contributed by atoms with Crippen molar-refractivity contribution >= 4 is 70.0 Å². The summed E-state index contributed by atoms with van der Waals surface area (Å²) in [5.41, 5.74) is 0.0327. The molecule has 0 fully saturated rings. The van der Waals surface area contributed by atoms with E-state index < -0.39 is 8.81 Å². The molecule has 0 bridgehead atoms. The quantitative estimate of drug-likeness (QED) is 0.736. The van der Waals surface area contributed by atoms with Gasteiger partial charge in [0, 0.05) is 11.9 Å². The molecule has 0 amide bonds. The standard InChI is InChI=1S/C9H4Cl5N3OS/c10-6-2-1-5(3-7(6)11)16-4-15-17(8(16)18)19-9(12,13)14/h1-4H. The summed E-state index contributed by atoms with van der Waals surface area (Å²) in [5.74, 6) is 0. The van der Waals surface area contributed by atoms with E-state index in [1.165, 1.54) is 17.0 Å². The van der Waals surface area contributed by atoms with Crippen LogP contribution in [-0.2, 0) is 0 Å². The molecule has 2 rings (SSSR count). The SMILES string of the molecule is O=c1n(-c2ccc(Cl)c(Cl)c2)cnn1SC(Cl)(Cl)Cl. The van der Waals surface area contributed by atoms with Crippen molar-refractivity contribution in [1.29, 1.82) is 0 Å². The number of halogens is 5. The second-order valence-electron chi connectivity index (χ2n) is 3.29. The van der Waals surface area contributed by atoms with Crippen molar-refractivity contribution in [3.05, 3.63) is 45.1 Å². The van der Waals surface area contributed by atoms with Gasteiger partial charge in [-0.25, -0.2) is 9.36 Å². The summed E-state index contributed by atoms with van der Waals surface area (Å²) in [6.07, 6.45) is 1.30. The predicted octanol–water partition coefficient (Wildman–Crippen LogP) is 4.16. The van der Waals surface area contributed by atoms with Gasteiger partial charge in [-0.1, -0.05) is 58.0 Å². The topological polar surface area (TPSA) is 39.8 Å². The highest BCUT2D eigenvalue weighted by molar-refractivity contribution is 8.03. The van der Waals surface area contributed by atoms with Gasteiger partial charge in [-0.05, 0) is 18.2 Å². The third-order valence-corrected chi connectivity index (χ3v) is 4.00. The van der Waals surface area contributed by atoms with E-state index in [-0.39, 0.29) is 0 Å². The maximum Gasteiger partial charge on any atom is 0.361 e. The third kappa shape index (κ3) is 3.74. The summed E-state index contributed by atoms with van der Waals surface area (Å²) in [7, 11) is 0. The number of hydrogen-bond donors (Lipinski definition) is 0. The van der Waals surface area contributed by atoms with Crippen molar-refractivity contribution in [2.45, 2.75) is 3.12 Å². The Morgan fingerprint density at radius 1 is 1.16 bits per heavy atom. The second kappa shape index (κ2) is 5.76. The van der Waals surface area contributed by atoms with Gasteiger partial charge in [-0.15, -0.1) is 9.19 Å². The predicted molar refractivity (Wildman–Crippen MR) is 81.1 cm³/mol. The van der Waals surface area contributed by atoms with Crippen molar-refractivity contribution < 1.29 is 0 Å². The summed E-state index contributed by atoms with van der Waals surface area (Å²) < 4.78 is 0.543. The van der Waals surface area contributed by atoms with Crippen LogP contribution >= 0.6 is 70.0 Å². The van der Waals surface area contributed by atoms with Crippen LogP contribution in [0.3, 0.4) is 0 Å². The van der Waals surface area contributed by atoms with Crippen LogP contribution in [0.1, 0.15) is 0 Å². The van der Waals surface area contributed by atoms with Gasteiger partial charge in [0.05, 0.1) is 15.7 Å². The average molecular weight is 379 g/mol. The summed E-state index contributed by atoms with van der Waals surface area (Å²) in [5, 5.41) is 4.55.